The van der Waals surface area contributed by atoms with Crippen molar-refractivity contribution >= 4 is 0 Å². The van der Waals surface area contributed by atoms with Crippen LogP contribution in [0.25, 0.3) is 0 Å². The third kappa shape index (κ3) is 3.70. The summed E-state index contributed by atoms with van der Waals surface area (Å²) in [4.78, 5) is 0. The number of benzene rings is 1. The largest absolute Gasteiger partial charge is 0.494 e. The van der Waals surface area contributed by atoms with E-state index < -0.39 is 0 Å². The summed E-state index contributed by atoms with van der Waals surface area (Å²) in [5, 5.41) is 3.51. The van der Waals surface area contributed by atoms with Gasteiger partial charge in [-0.2, -0.15) is 0 Å². The molecule has 1 unspecified atom stereocenters. The Morgan fingerprint density at radius 2 is 2.22 bits per heavy atom. The second-order valence-corrected chi connectivity index (χ2v) is 5.13. The first-order valence-corrected chi connectivity index (χ1v) is 6.78. The first kappa shape index (κ1) is 13.3. The molecule has 0 heterocycles. The summed E-state index contributed by atoms with van der Waals surface area (Å²) in [7, 11) is 1.49. The molecule has 18 heavy (non-hydrogen) atoms. The van der Waals surface area contributed by atoms with Crippen molar-refractivity contribution in [2.45, 2.75) is 45.2 Å². The Bertz CT molecular complexity index is 390. The fourth-order valence-electron chi connectivity index (χ4n) is 2.23. The smallest absolute Gasteiger partial charge is 0.165 e. The molecule has 3 heteroatoms. The van der Waals surface area contributed by atoms with E-state index in [1.165, 1.54) is 26.4 Å². The maximum atomic E-state index is 13.5. The summed E-state index contributed by atoms with van der Waals surface area (Å²) in [6.07, 6.45) is 5.16. The molecule has 0 spiro atoms. The lowest BCUT2D eigenvalue weighted by molar-refractivity contribution is 0.385. The van der Waals surface area contributed by atoms with Crippen LogP contribution in [0.5, 0.6) is 5.75 Å². The quantitative estimate of drug-likeness (QED) is 0.800. The van der Waals surface area contributed by atoms with Crippen molar-refractivity contribution in [1.82, 2.24) is 5.32 Å². The van der Waals surface area contributed by atoms with Crippen molar-refractivity contribution in [3.05, 3.63) is 29.6 Å². The van der Waals surface area contributed by atoms with Gasteiger partial charge in [-0.25, -0.2) is 4.39 Å². The van der Waals surface area contributed by atoms with Crippen molar-refractivity contribution < 1.29 is 9.13 Å². The summed E-state index contributed by atoms with van der Waals surface area (Å²) >= 11 is 0. The van der Waals surface area contributed by atoms with Crippen molar-refractivity contribution in [2.75, 3.05) is 7.11 Å². The fraction of sp³-hybridized carbons (Fsp3) is 0.600. The van der Waals surface area contributed by atoms with Gasteiger partial charge < -0.3 is 10.1 Å². The predicted octanol–water partition coefficient (Wildman–Crippen LogP) is 3.50. The van der Waals surface area contributed by atoms with E-state index in [0.29, 0.717) is 11.8 Å². The molecule has 2 rings (SSSR count). The van der Waals surface area contributed by atoms with Crippen LogP contribution in [0.4, 0.5) is 4.39 Å². The maximum absolute atomic E-state index is 13.5. The molecule has 100 valence electrons. The minimum atomic E-state index is -0.285. The van der Waals surface area contributed by atoms with Crippen LogP contribution >= 0.6 is 0 Å². The van der Waals surface area contributed by atoms with Crippen molar-refractivity contribution in [1.29, 1.82) is 0 Å². The van der Waals surface area contributed by atoms with Crippen LogP contribution in [0, 0.1) is 11.7 Å². The van der Waals surface area contributed by atoms with Gasteiger partial charge >= 0.3 is 0 Å². The molecular weight excluding hydrogens is 229 g/mol. The molecule has 0 radical (unpaired) electrons. The normalized spacial score (nSPS) is 16.6. The maximum Gasteiger partial charge on any atom is 0.165 e. The van der Waals surface area contributed by atoms with E-state index in [2.05, 4.69) is 12.2 Å². The summed E-state index contributed by atoms with van der Waals surface area (Å²) in [6, 6.07) is 5.71. The van der Waals surface area contributed by atoms with Crippen molar-refractivity contribution in [2.24, 2.45) is 5.92 Å². The fourth-order valence-corrected chi connectivity index (χ4v) is 2.23. The van der Waals surface area contributed by atoms with Gasteiger partial charge in [0.1, 0.15) is 0 Å². The number of rotatable bonds is 7. The molecule has 1 atom stereocenters. The lowest BCUT2D eigenvalue weighted by Crippen LogP contribution is -2.28. The average Bonchev–Trinajstić information content (AvgIpc) is 3.18. The van der Waals surface area contributed by atoms with Crippen molar-refractivity contribution in [3.63, 3.8) is 0 Å². The van der Waals surface area contributed by atoms with Crippen LogP contribution < -0.4 is 10.1 Å². The Labute approximate surface area is 109 Å². The molecule has 1 N–H and O–H groups in total. The molecule has 0 bridgehead atoms. The number of nitrogens with one attached hydrogen (secondary N) is 1. The molecule has 1 fully saturated rings. The summed E-state index contributed by atoms with van der Waals surface area (Å²) in [5.41, 5.74) is 0.975. The van der Waals surface area contributed by atoms with Crippen molar-refractivity contribution in [3.8, 4) is 5.75 Å². The zero-order chi connectivity index (χ0) is 13.0. The Morgan fingerprint density at radius 3 is 2.78 bits per heavy atom. The van der Waals surface area contributed by atoms with Crippen LogP contribution in [0.15, 0.2) is 18.2 Å². The standard InChI is InChI=1S/C15H22FNO/c1-3-13(8-11-4-5-11)17-10-12-6-7-15(18-2)14(16)9-12/h6-7,9,11,13,17H,3-5,8,10H2,1-2H3. The summed E-state index contributed by atoms with van der Waals surface area (Å²) < 4.78 is 18.4. The summed E-state index contributed by atoms with van der Waals surface area (Å²) in [6.45, 7) is 2.93. The number of hydrogen-bond acceptors (Lipinski definition) is 2. The van der Waals surface area contributed by atoms with Gasteiger partial charge in [0.2, 0.25) is 0 Å². The lowest BCUT2D eigenvalue weighted by atomic mass is 10.1. The van der Waals surface area contributed by atoms with Gasteiger partial charge in [-0.3, -0.25) is 0 Å². The first-order chi connectivity index (χ1) is 8.72. The Balaban J connectivity index is 1.86. The van der Waals surface area contributed by atoms with Crippen LogP contribution in [0.1, 0.15) is 38.2 Å². The number of methoxy groups -OCH3 is 1. The van der Waals surface area contributed by atoms with Gasteiger partial charge in [-0.15, -0.1) is 0 Å². The molecular formula is C15H22FNO. The van der Waals surface area contributed by atoms with Crippen LogP contribution in [0.3, 0.4) is 0 Å². The molecule has 1 aliphatic rings. The highest BCUT2D eigenvalue weighted by atomic mass is 19.1. The van der Waals surface area contributed by atoms with E-state index >= 15 is 0 Å². The highest BCUT2D eigenvalue weighted by Gasteiger charge is 2.24. The predicted molar refractivity (Wildman–Crippen MR) is 71.2 cm³/mol. The SMILES string of the molecule is CCC(CC1CC1)NCc1ccc(OC)c(F)c1. The van der Waals surface area contributed by atoms with Gasteiger partial charge in [-0.1, -0.05) is 25.8 Å². The van der Waals surface area contributed by atoms with E-state index in [4.69, 9.17) is 4.74 Å². The Morgan fingerprint density at radius 1 is 1.44 bits per heavy atom. The van der Waals surface area contributed by atoms with Crippen LogP contribution in [-0.2, 0) is 6.54 Å². The Kier molecular flexibility index (Phi) is 4.59. The van der Waals surface area contributed by atoms with Gasteiger partial charge in [0.05, 0.1) is 7.11 Å². The minimum Gasteiger partial charge on any atom is -0.494 e. The van der Waals surface area contributed by atoms with Crippen LogP contribution in [0.2, 0.25) is 0 Å². The van der Waals surface area contributed by atoms with E-state index in [-0.39, 0.29) is 5.82 Å². The monoisotopic (exact) mass is 251 g/mol. The van der Waals surface area contributed by atoms with E-state index in [1.807, 2.05) is 6.07 Å². The molecule has 0 saturated heterocycles. The molecule has 0 aliphatic heterocycles. The lowest BCUT2D eigenvalue weighted by Gasteiger charge is -2.16. The second-order valence-electron chi connectivity index (χ2n) is 5.13. The number of halogens is 1. The molecule has 0 aromatic heterocycles. The van der Waals surface area contributed by atoms with E-state index in [9.17, 15) is 4.39 Å². The molecule has 2 nitrogen and oxygen atoms in total. The first-order valence-electron chi connectivity index (χ1n) is 6.78. The molecule has 1 aromatic rings. The Hall–Kier alpha value is -1.09. The van der Waals surface area contributed by atoms with Crippen LogP contribution in [-0.4, -0.2) is 13.2 Å². The minimum absolute atomic E-state index is 0.285. The van der Waals surface area contributed by atoms with E-state index in [0.717, 1.165) is 24.4 Å². The highest BCUT2D eigenvalue weighted by Crippen LogP contribution is 2.34. The van der Waals surface area contributed by atoms with Gasteiger partial charge in [0, 0.05) is 12.6 Å². The molecule has 1 saturated carbocycles. The molecule has 1 aromatic carbocycles. The number of hydrogen-bond donors (Lipinski definition) is 1. The molecule has 0 amide bonds. The average molecular weight is 251 g/mol. The van der Waals surface area contributed by atoms with Gasteiger partial charge in [0.15, 0.2) is 11.6 Å². The topological polar surface area (TPSA) is 21.3 Å². The third-order valence-corrected chi connectivity index (χ3v) is 3.62. The summed E-state index contributed by atoms with van der Waals surface area (Å²) in [5.74, 6) is 0.950. The molecule has 1 aliphatic carbocycles. The third-order valence-electron chi connectivity index (χ3n) is 3.62. The van der Waals surface area contributed by atoms with Gasteiger partial charge in [-0.05, 0) is 36.5 Å². The van der Waals surface area contributed by atoms with Gasteiger partial charge in [0.25, 0.3) is 0 Å². The highest BCUT2D eigenvalue weighted by molar-refractivity contribution is 5.29. The second kappa shape index (κ2) is 6.19. The van der Waals surface area contributed by atoms with E-state index in [1.54, 1.807) is 12.1 Å². The zero-order valence-corrected chi connectivity index (χ0v) is 11.2. The number of ether oxygens (including phenoxy) is 1. The zero-order valence-electron chi connectivity index (χ0n) is 11.2.